The van der Waals surface area contributed by atoms with Crippen molar-refractivity contribution >= 4 is 45.3 Å². The molecule has 160 valence electrons. The van der Waals surface area contributed by atoms with Gasteiger partial charge < -0.3 is 25.7 Å². The number of carboxylic acids is 2. The first-order valence-corrected chi connectivity index (χ1v) is 9.66. The molecule has 0 radical (unpaired) electrons. The van der Waals surface area contributed by atoms with Crippen molar-refractivity contribution in [1.29, 1.82) is 0 Å². The van der Waals surface area contributed by atoms with Crippen LogP contribution in [-0.2, 0) is 6.61 Å². The first-order chi connectivity index (χ1) is 14.6. The minimum atomic E-state index is -1.66. The quantitative estimate of drug-likeness (QED) is 0.389. The van der Waals surface area contributed by atoms with Crippen LogP contribution in [0.5, 0.6) is 5.75 Å². The molecule has 2 aromatic carbocycles. The fourth-order valence-corrected chi connectivity index (χ4v) is 3.54. The van der Waals surface area contributed by atoms with Gasteiger partial charge in [0.15, 0.2) is 0 Å². The maximum Gasteiger partial charge on any atom is 0.342 e. The summed E-state index contributed by atoms with van der Waals surface area (Å²) in [6.45, 7) is -0.344. The lowest BCUT2D eigenvalue weighted by molar-refractivity contribution is 0.0695. The van der Waals surface area contributed by atoms with Gasteiger partial charge in [0.2, 0.25) is 0 Å². The van der Waals surface area contributed by atoms with Crippen LogP contribution in [0.1, 0.15) is 26.3 Å². The van der Waals surface area contributed by atoms with E-state index in [1.807, 2.05) is 4.98 Å². The molecule has 5 N–H and O–H groups in total. The molecule has 0 aliphatic heterocycles. The number of nitrogens with one attached hydrogen (secondary N) is 1. The number of hydrogen-bond donors (Lipinski definition) is 4. The Morgan fingerprint density at radius 3 is 2.45 bits per heavy atom. The summed E-state index contributed by atoms with van der Waals surface area (Å²) in [4.78, 5) is 38.0. The summed E-state index contributed by atoms with van der Waals surface area (Å²) in [5, 5.41) is 19.3. The summed E-state index contributed by atoms with van der Waals surface area (Å²) < 4.78 is 20.2. The number of anilines is 1. The van der Waals surface area contributed by atoms with E-state index in [0.29, 0.717) is 4.47 Å². The average molecular weight is 512 g/mol. The van der Waals surface area contributed by atoms with Gasteiger partial charge in [0.05, 0.1) is 5.02 Å². The standard InChI is InChI=1S/C20H13BrClFN2O6/c21-8-4-5-13(31-7-10-11(22)2-1-3-12(10)23)9(6-8)14-15(19(27)28)17(24)25-18(26)16(14)20(29)30/h1-6H,7H2,(H,27,28)(H,29,30)(H3,24,25,26). The zero-order chi connectivity index (χ0) is 22.9. The Bertz CT molecular complexity index is 1260. The number of nitrogens with two attached hydrogens (primary N) is 1. The van der Waals surface area contributed by atoms with Gasteiger partial charge in [-0.1, -0.05) is 33.6 Å². The number of hydrogen-bond acceptors (Lipinski definition) is 5. The summed E-state index contributed by atoms with van der Waals surface area (Å²) in [6.07, 6.45) is 0. The van der Waals surface area contributed by atoms with E-state index < -0.39 is 45.8 Å². The molecule has 0 amide bonds. The summed E-state index contributed by atoms with van der Waals surface area (Å²) in [7, 11) is 0. The van der Waals surface area contributed by atoms with Gasteiger partial charge in [-0.2, -0.15) is 0 Å². The first kappa shape index (κ1) is 22.3. The van der Waals surface area contributed by atoms with E-state index in [9.17, 15) is 29.0 Å². The molecule has 31 heavy (non-hydrogen) atoms. The highest BCUT2D eigenvalue weighted by Crippen LogP contribution is 2.38. The van der Waals surface area contributed by atoms with E-state index >= 15 is 0 Å². The van der Waals surface area contributed by atoms with Crippen molar-refractivity contribution < 1.29 is 28.9 Å². The number of carbonyl (C=O) groups is 2. The molecule has 0 atom stereocenters. The average Bonchev–Trinajstić information content (AvgIpc) is 2.67. The largest absolute Gasteiger partial charge is 0.488 e. The third-order valence-corrected chi connectivity index (χ3v) is 5.16. The van der Waals surface area contributed by atoms with Crippen LogP contribution in [0.25, 0.3) is 11.1 Å². The van der Waals surface area contributed by atoms with Crippen molar-refractivity contribution in [3.63, 3.8) is 0 Å². The fraction of sp³-hybridized carbons (Fsp3) is 0.0500. The van der Waals surface area contributed by atoms with Crippen LogP contribution in [0, 0.1) is 5.82 Å². The number of benzene rings is 2. The normalized spacial score (nSPS) is 10.7. The third-order valence-electron chi connectivity index (χ3n) is 4.32. The van der Waals surface area contributed by atoms with Crippen molar-refractivity contribution in [3.8, 4) is 16.9 Å². The molecule has 3 rings (SSSR count). The number of pyridine rings is 1. The highest BCUT2D eigenvalue weighted by atomic mass is 79.9. The number of aromatic carboxylic acids is 2. The summed E-state index contributed by atoms with van der Waals surface area (Å²) in [6, 6.07) is 8.39. The number of rotatable bonds is 6. The second-order valence-corrected chi connectivity index (χ2v) is 7.56. The van der Waals surface area contributed by atoms with Crippen LogP contribution in [0.3, 0.4) is 0 Å². The van der Waals surface area contributed by atoms with Gasteiger partial charge in [-0.3, -0.25) is 4.79 Å². The molecule has 8 nitrogen and oxygen atoms in total. The van der Waals surface area contributed by atoms with Crippen LogP contribution in [0.15, 0.2) is 45.7 Å². The number of halogens is 3. The number of carboxylic acid groups (broad SMARTS) is 2. The zero-order valence-electron chi connectivity index (χ0n) is 15.4. The maximum absolute atomic E-state index is 14.1. The highest BCUT2D eigenvalue weighted by molar-refractivity contribution is 9.10. The van der Waals surface area contributed by atoms with Crippen LogP contribution in [0.2, 0.25) is 5.02 Å². The van der Waals surface area contributed by atoms with Gasteiger partial charge in [0, 0.05) is 21.2 Å². The molecule has 0 unspecified atom stereocenters. The smallest absolute Gasteiger partial charge is 0.342 e. The Labute approximate surface area is 187 Å². The number of aromatic amines is 1. The van der Waals surface area contributed by atoms with E-state index in [2.05, 4.69) is 15.9 Å². The summed E-state index contributed by atoms with van der Waals surface area (Å²) in [5.41, 5.74) is 2.68. The molecule has 1 heterocycles. The number of nitrogen functional groups attached to an aromatic ring is 1. The topological polar surface area (TPSA) is 143 Å². The SMILES string of the molecule is Nc1[nH]c(=O)c(C(=O)O)c(-c2cc(Br)ccc2OCc2c(F)cccc2Cl)c1C(=O)O. The number of H-pyrrole nitrogens is 1. The van der Waals surface area contributed by atoms with Crippen molar-refractivity contribution in [3.05, 3.63) is 78.8 Å². The van der Waals surface area contributed by atoms with Gasteiger partial charge in [0.25, 0.3) is 5.56 Å². The molecule has 0 fully saturated rings. The minimum absolute atomic E-state index is 0.0162. The molecular formula is C20H13BrClFN2O6. The zero-order valence-corrected chi connectivity index (χ0v) is 17.8. The Morgan fingerprint density at radius 1 is 1.16 bits per heavy atom. The molecule has 0 spiro atoms. The van der Waals surface area contributed by atoms with E-state index in [4.69, 9.17) is 22.1 Å². The van der Waals surface area contributed by atoms with Gasteiger partial charge >= 0.3 is 11.9 Å². The van der Waals surface area contributed by atoms with Crippen molar-refractivity contribution in [2.75, 3.05) is 5.73 Å². The molecule has 0 aliphatic rings. The summed E-state index contributed by atoms with van der Waals surface area (Å²) in [5.74, 6) is -4.39. The number of aromatic nitrogens is 1. The fourth-order valence-electron chi connectivity index (χ4n) is 2.96. The van der Waals surface area contributed by atoms with Crippen LogP contribution >= 0.6 is 27.5 Å². The highest BCUT2D eigenvalue weighted by Gasteiger charge is 2.28. The summed E-state index contributed by atoms with van der Waals surface area (Å²) >= 11 is 9.23. The minimum Gasteiger partial charge on any atom is -0.488 e. The van der Waals surface area contributed by atoms with Crippen molar-refractivity contribution in [1.82, 2.24) is 4.98 Å². The lowest BCUT2D eigenvalue weighted by Gasteiger charge is -2.17. The predicted molar refractivity (Wildman–Crippen MR) is 114 cm³/mol. The Hall–Kier alpha value is -3.37. The van der Waals surface area contributed by atoms with Gasteiger partial charge in [-0.05, 0) is 30.3 Å². The molecule has 0 saturated carbocycles. The van der Waals surface area contributed by atoms with E-state index in [1.165, 1.54) is 30.3 Å². The molecular weight excluding hydrogens is 499 g/mol. The second-order valence-electron chi connectivity index (χ2n) is 6.23. The lowest BCUT2D eigenvalue weighted by Crippen LogP contribution is -2.24. The van der Waals surface area contributed by atoms with Gasteiger partial charge in [-0.15, -0.1) is 0 Å². The van der Waals surface area contributed by atoms with Crippen LogP contribution in [0.4, 0.5) is 10.2 Å². The monoisotopic (exact) mass is 510 g/mol. The Balaban J connectivity index is 2.25. The van der Waals surface area contributed by atoms with E-state index in [-0.39, 0.29) is 28.5 Å². The van der Waals surface area contributed by atoms with Gasteiger partial charge in [-0.25, -0.2) is 14.0 Å². The molecule has 0 bridgehead atoms. The van der Waals surface area contributed by atoms with Crippen molar-refractivity contribution in [2.24, 2.45) is 0 Å². The van der Waals surface area contributed by atoms with Crippen LogP contribution < -0.4 is 16.0 Å². The Morgan fingerprint density at radius 2 is 1.84 bits per heavy atom. The molecule has 1 aromatic heterocycles. The predicted octanol–water partition coefficient (Wildman–Crippen LogP) is 4.15. The first-order valence-electron chi connectivity index (χ1n) is 8.49. The molecule has 11 heteroatoms. The lowest BCUT2D eigenvalue weighted by atomic mass is 9.94. The second kappa shape index (κ2) is 8.78. The third kappa shape index (κ3) is 4.39. The van der Waals surface area contributed by atoms with Crippen LogP contribution in [-0.4, -0.2) is 27.1 Å². The van der Waals surface area contributed by atoms with E-state index in [1.54, 1.807) is 6.07 Å². The number of ether oxygens (including phenoxy) is 1. The Kier molecular flexibility index (Phi) is 6.32. The molecule has 3 aromatic rings. The van der Waals surface area contributed by atoms with Gasteiger partial charge in [0.1, 0.15) is 35.1 Å². The molecule has 0 aliphatic carbocycles. The van der Waals surface area contributed by atoms with Crippen molar-refractivity contribution in [2.45, 2.75) is 6.61 Å². The van der Waals surface area contributed by atoms with E-state index in [0.717, 1.165) is 0 Å². The maximum atomic E-state index is 14.1. The molecule has 0 saturated heterocycles.